The second-order valence-corrected chi connectivity index (χ2v) is 7.32. The van der Waals surface area contributed by atoms with Gasteiger partial charge in [-0.2, -0.15) is 10.2 Å². The van der Waals surface area contributed by atoms with Gasteiger partial charge < -0.3 is 16.4 Å². The third kappa shape index (κ3) is 4.25. The van der Waals surface area contributed by atoms with Crippen LogP contribution in [0.3, 0.4) is 0 Å². The molecule has 1 amide bonds. The second-order valence-electron chi connectivity index (χ2n) is 7.32. The molecular formula is C23H22N8O. The Labute approximate surface area is 185 Å². The van der Waals surface area contributed by atoms with Crippen molar-refractivity contribution in [1.82, 2.24) is 15.0 Å². The van der Waals surface area contributed by atoms with Crippen LogP contribution in [0.15, 0.2) is 47.7 Å². The summed E-state index contributed by atoms with van der Waals surface area (Å²) in [6.45, 7) is 3.08. The van der Waals surface area contributed by atoms with Crippen molar-refractivity contribution in [1.29, 1.82) is 5.26 Å². The first-order valence-electron chi connectivity index (χ1n) is 10.3. The van der Waals surface area contributed by atoms with Gasteiger partial charge >= 0.3 is 0 Å². The highest BCUT2D eigenvalue weighted by Gasteiger charge is 2.36. The Hall–Kier alpha value is -4.32. The Bertz CT molecular complexity index is 1220. The molecule has 1 atom stereocenters. The van der Waals surface area contributed by atoms with Crippen LogP contribution in [0, 0.1) is 11.3 Å². The van der Waals surface area contributed by atoms with E-state index in [0.29, 0.717) is 47.1 Å². The minimum absolute atomic E-state index is 0.223. The minimum atomic E-state index is -0.731. The van der Waals surface area contributed by atoms with Gasteiger partial charge in [-0.25, -0.2) is 4.98 Å². The molecule has 4 rings (SSSR count). The van der Waals surface area contributed by atoms with E-state index in [1.165, 1.54) is 0 Å². The fourth-order valence-electron chi connectivity index (χ4n) is 3.51. The van der Waals surface area contributed by atoms with E-state index in [4.69, 9.17) is 5.73 Å². The molecule has 9 nitrogen and oxygen atoms in total. The maximum absolute atomic E-state index is 12.9. The summed E-state index contributed by atoms with van der Waals surface area (Å²) in [6, 6.07) is 11.0. The Kier molecular flexibility index (Phi) is 6.03. The molecule has 0 saturated carbocycles. The zero-order chi connectivity index (χ0) is 22.5. The van der Waals surface area contributed by atoms with Gasteiger partial charge in [-0.1, -0.05) is 13.0 Å². The number of fused-ring (bicyclic) bond motifs is 1. The first-order valence-corrected chi connectivity index (χ1v) is 10.3. The van der Waals surface area contributed by atoms with Crippen molar-refractivity contribution in [3.8, 4) is 6.07 Å². The Balaban J connectivity index is 1.77. The monoisotopic (exact) mass is 426 g/mol. The topological polar surface area (TPSA) is 142 Å². The molecule has 0 saturated heterocycles. The molecule has 9 heteroatoms. The van der Waals surface area contributed by atoms with Crippen molar-refractivity contribution in [2.45, 2.75) is 25.8 Å². The van der Waals surface area contributed by atoms with Crippen molar-refractivity contribution in [2.24, 2.45) is 4.99 Å². The number of aliphatic imine (C=N–C) groups is 1. The molecule has 4 N–H and O–H groups in total. The minimum Gasteiger partial charge on any atom is -0.383 e. The zero-order valence-corrected chi connectivity index (χ0v) is 17.5. The summed E-state index contributed by atoms with van der Waals surface area (Å²) in [5.74, 6) is -0.449. The normalized spacial score (nSPS) is 14.8. The van der Waals surface area contributed by atoms with Gasteiger partial charge in [-0.3, -0.25) is 14.8 Å². The van der Waals surface area contributed by atoms with Crippen LogP contribution in [-0.2, 0) is 11.3 Å². The van der Waals surface area contributed by atoms with Gasteiger partial charge in [0.2, 0.25) is 11.9 Å². The highest BCUT2D eigenvalue weighted by atomic mass is 16.2. The molecule has 0 aliphatic carbocycles. The molecule has 32 heavy (non-hydrogen) atoms. The average molecular weight is 426 g/mol. The van der Waals surface area contributed by atoms with E-state index in [-0.39, 0.29) is 11.7 Å². The third-order valence-electron chi connectivity index (χ3n) is 5.04. The van der Waals surface area contributed by atoms with E-state index >= 15 is 0 Å². The lowest BCUT2D eigenvalue weighted by atomic mass is 9.93. The van der Waals surface area contributed by atoms with Crippen LogP contribution in [0.25, 0.3) is 0 Å². The van der Waals surface area contributed by atoms with Crippen molar-refractivity contribution < 1.29 is 4.79 Å². The van der Waals surface area contributed by atoms with Crippen LogP contribution < -0.4 is 16.4 Å². The van der Waals surface area contributed by atoms with E-state index in [1.54, 1.807) is 36.8 Å². The average Bonchev–Trinajstić information content (AvgIpc) is 3.14. The van der Waals surface area contributed by atoms with Gasteiger partial charge in [0, 0.05) is 37.4 Å². The summed E-state index contributed by atoms with van der Waals surface area (Å²) in [5.41, 5.74) is 9.97. The van der Waals surface area contributed by atoms with E-state index in [9.17, 15) is 10.1 Å². The lowest BCUT2D eigenvalue weighted by Gasteiger charge is -2.15. The summed E-state index contributed by atoms with van der Waals surface area (Å²) < 4.78 is 0. The van der Waals surface area contributed by atoms with Gasteiger partial charge in [0.15, 0.2) is 0 Å². The molecule has 1 unspecified atom stereocenters. The molecule has 0 bridgehead atoms. The van der Waals surface area contributed by atoms with Crippen molar-refractivity contribution in [2.75, 3.05) is 22.9 Å². The smallest absolute Gasteiger partial charge is 0.238 e. The number of amides is 1. The largest absolute Gasteiger partial charge is 0.383 e. The number of hydrogen-bond acceptors (Lipinski definition) is 8. The molecule has 3 aromatic rings. The number of carbonyl (C=O) groups excluding carboxylic acids is 1. The quantitative estimate of drug-likeness (QED) is 0.493. The summed E-state index contributed by atoms with van der Waals surface area (Å²) in [4.78, 5) is 30.5. The molecule has 0 spiro atoms. The molecular weight excluding hydrogens is 404 g/mol. The summed E-state index contributed by atoms with van der Waals surface area (Å²) in [7, 11) is 0. The van der Waals surface area contributed by atoms with Crippen molar-refractivity contribution >= 4 is 29.6 Å². The number of nitrogens with zero attached hydrogens (tertiary/aromatic N) is 5. The molecule has 1 aromatic carbocycles. The number of nitrogen functional groups attached to an aromatic ring is 1. The van der Waals surface area contributed by atoms with Gasteiger partial charge in [-0.05, 0) is 41.8 Å². The number of carbonyl (C=O) groups is 1. The van der Waals surface area contributed by atoms with Crippen molar-refractivity contribution in [3.05, 3.63) is 70.7 Å². The van der Waals surface area contributed by atoms with Gasteiger partial charge in [0.1, 0.15) is 11.7 Å². The fraction of sp³-hybridized carbons (Fsp3) is 0.217. The summed E-state index contributed by atoms with van der Waals surface area (Å²) in [6.07, 6.45) is 5.94. The van der Waals surface area contributed by atoms with Crippen LogP contribution in [-0.4, -0.2) is 33.6 Å². The first-order chi connectivity index (χ1) is 15.6. The van der Waals surface area contributed by atoms with Crippen molar-refractivity contribution in [3.63, 3.8) is 0 Å². The van der Waals surface area contributed by atoms with E-state index in [0.717, 1.165) is 12.0 Å². The molecule has 1 aliphatic rings. The third-order valence-corrected chi connectivity index (χ3v) is 5.04. The summed E-state index contributed by atoms with van der Waals surface area (Å²) in [5, 5.41) is 15.3. The number of hydrogen-bond donors (Lipinski definition) is 3. The fourth-order valence-corrected chi connectivity index (χ4v) is 3.51. The second kappa shape index (κ2) is 9.22. The maximum Gasteiger partial charge on any atom is 0.238 e. The number of pyridine rings is 1. The van der Waals surface area contributed by atoms with Crippen LogP contribution in [0.5, 0.6) is 0 Å². The predicted octanol–water partition coefficient (Wildman–Crippen LogP) is 2.85. The standard InChI is InChI=1S/C23H22N8O/c1-2-7-26-13-17-20(19-16-9-14(10-24)5-6-18(16)29-22(19)32)30-23(31-21(17)25)28-12-15-4-3-8-27-11-15/h3-6,8-9,11,13,19H,2,7,12H2,1H3,(H,29,32)(H3,25,28,30,31). The number of anilines is 3. The predicted molar refractivity (Wildman–Crippen MR) is 122 cm³/mol. The lowest BCUT2D eigenvalue weighted by molar-refractivity contribution is -0.116. The van der Waals surface area contributed by atoms with Crippen LogP contribution in [0.1, 0.15) is 47.2 Å². The van der Waals surface area contributed by atoms with Gasteiger partial charge in [0.05, 0.1) is 22.9 Å². The first kappa shape index (κ1) is 20.9. The number of rotatable bonds is 7. The van der Waals surface area contributed by atoms with Crippen LogP contribution in [0.4, 0.5) is 17.5 Å². The number of benzene rings is 1. The number of nitrogens with two attached hydrogens (primary N) is 1. The van der Waals surface area contributed by atoms with Gasteiger partial charge in [-0.15, -0.1) is 0 Å². The Morgan fingerprint density at radius 2 is 2.22 bits per heavy atom. The maximum atomic E-state index is 12.9. The lowest BCUT2D eigenvalue weighted by Crippen LogP contribution is -2.19. The van der Waals surface area contributed by atoms with E-state index in [1.807, 2.05) is 19.1 Å². The SMILES string of the molecule is CCCN=Cc1c(N)nc(NCc2cccnc2)nc1C1C(=O)Nc2ccc(C#N)cc21. The highest BCUT2D eigenvalue weighted by molar-refractivity contribution is 6.06. The number of aromatic nitrogens is 3. The summed E-state index contributed by atoms with van der Waals surface area (Å²) >= 11 is 0. The van der Waals surface area contributed by atoms with Crippen LogP contribution >= 0.6 is 0 Å². The molecule has 0 radical (unpaired) electrons. The number of nitrogens with one attached hydrogen (secondary N) is 2. The van der Waals surface area contributed by atoms with Gasteiger partial charge in [0.25, 0.3) is 0 Å². The Morgan fingerprint density at radius 3 is 2.97 bits per heavy atom. The molecule has 2 aromatic heterocycles. The molecule has 3 heterocycles. The number of nitriles is 1. The van der Waals surface area contributed by atoms with Crippen LogP contribution in [0.2, 0.25) is 0 Å². The zero-order valence-electron chi connectivity index (χ0n) is 17.5. The highest BCUT2D eigenvalue weighted by Crippen LogP contribution is 2.39. The van der Waals surface area contributed by atoms with E-state index in [2.05, 4.69) is 36.6 Å². The Morgan fingerprint density at radius 1 is 1.34 bits per heavy atom. The van der Waals surface area contributed by atoms with E-state index < -0.39 is 5.92 Å². The molecule has 1 aliphatic heterocycles. The molecule has 160 valence electrons. The molecule has 0 fully saturated rings.